The number of nitrogens with one attached hydrogen (secondary N) is 1. The number of carbonyl (C=O) groups excluding carboxylic acids is 1. The van der Waals surface area contributed by atoms with Gasteiger partial charge in [-0.2, -0.15) is 5.26 Å². The minimum atomic E-state index is -4.45. The van der Waals surface area contributed by atoms with Crippen molar-refractivity contribution in [2.45, 2.75) is 49.7 Å². The molecule has 1 N–H and O–H groups in total. The van der Waals surface area contributed by atoms with E-state index in [-0.39, 0.29) is 16.1 Å². The summed E-state index contributed by atoms with van der Waals surface area (Å²) < 4.78 is 46.9. The van der Waals surface area contributed by atoms with Gasteiger partial charge in [-0.25, -0.2) is 17.7 Å². The Kier molecular flexibility index (Phi) is 8.80. The molecule has 2 aliphatic heterocycles. The Bertz CT molecular complexity index is 1920. The first-order chi connectivity index (χ1) is 22.7. The van der Waals surface area contributed by atoms with Gasteiger partial charge in [0.15, 0.2) is 5.54 Å². The van der Waals surface area contributed by atoms with Crippen molar-refractivity contribution < 1.29 is 27.1 Å². The number of aromatic nitrogens is 1. The fraction of sp³-hybridized carbons (Fsp3) is 0.343. The number of nitrogens with zero attached hydrogens (tertiary/aromatic N) is 4. The van der Waals surface area contributed by atoms with Crippen molar-refractivity contribution in [1.29, 1.82) is 5.26 Å². The smallest absolute Gasteiger partial charge is 0.271 e. The number of anilines is 1. The number of benzene rings is 3. The highest BCUT2D eigenvalue weighted by Crippen LogP contribution is 2.56. The van der Waals surface area contributed by atoms with E-state index in [4.69, 9.17) is 13.9 Å². The lowest BCUT2D eigenvalue weighted by Crippen LogP contribution is -2.54. The van der Waals surface area contributed by atoms with Gasteiger partial charge < -0.3 is 19.2 Å². The van der Waals surface area contributed by atoms with E-state index in [0.717, 1.165) is 16.4 Å². The molecule has 1 unspecified atom stereocenters. The van der Waals surface area contributed by atoms with E-state index < -0.39 is 27.5 Å². The van der Waals surface area contributed by atoms with Gasteiger partial charge in [0.2, 0.25) is 5.89 Å². The molecule has 2 atom stereocenters. The molecule has 3 aromatic carbocycles. The molecule has 0 radical (unpaired) electrons. The van der Waals surface area contributed by atoms with Gasteiger partial charge in [-0.15, -0.1) is 0 Å². The Hall–Kier alpha value is -4.70. The molecule has 1 aromatic heterocycles. The molecule has 3 heterocycles. The van der Waals surface area contributed by atoms with Crippen molar-refractivity contribution in [2.75, 3.05) is 31.6 Å². The largest absolute Gasteiger partial charge is 0.497 e. The number of carbonyl (C=O) groups is 1. The number of amides is 1. The first-order valence-corrected chi connectivity index (χ1v) is 16.9. The molecular formula is C35H37N5O6S. The summed E-state index contributed by atoms with van der Waals surface area (Å²) in [6, 6.07) is 17.9. The number of sulfonamides is 1. The van der Waals surface area contributed by atoms with Crippen LogP contribution in [0.2, 0.25) is 0 Å². The number of rotatable bonds is 11. The number of ether oxygens (including phenoxy) is 2. The molecule has 12 heteroatoms. The summed E-state index contributed by atoms with van der Waals surface area (Å²) in [6.45, 7) is 5.96. The Morgan fingerprint density at radius 3 is 2.53 bits per heavy atom. The average molecular weight is 656 g/mol. The summed E-state index contributed by atoms with van der Waals surface area (Å²) in [6.07, 6.45) is 4.35. The quantitative estimate of drug-likeness (QED) is 0.232. The maximum Gasteiger partial charge on any atom is 0.271 e. The third kappa shape index (κ3) is 5.44. The molecule has 1 saturated heterocycles. The lowest BCUT2D eigenvalue weighted by Gasteiger charge is -2.41. The first kappa shape index (κ1) is 32.2. The number of hydrogen-bond donors (Lipinski definition) is 1. The number of likely N-dealkylation sites (tertiary alicyclic amines) is 1. The van der Waals surface area contributed by atoms with Gasteiger partial charge in [-0.05, 0) is 85.5 Å². The van der Waals surface area contributed by atoms with Crippen molar-refractivity contribution in [3.8, 4) is 17.6 Å². The van der Waals surface area contributed by atoms with Crippen LogP contribution in [-0.2, 0) is 26.9 Å². The minimum Gasteiger partial charge on any atom is -0.497 e. The van der Waals surface area contributed by atoms with E-state index in [2.05, 4.69) is 30.2 Å². The summed E-state index contributed by atoms with van der Waals surface area (Å²) in [5.74, 6) is 1.01. The van der Waals surface area contributed by atoms with Crippen molar-refractivity contribution in [3.05, 3.63) is 101 Å². The van der Waals surface area contributed by atoms with Gasteiger partial charge in [0, 0.05) is 24.2 Å². The zero-order chi connectivity index (χ0) is 33.3. The van der Waals surface area contributed by atoms with Crippen LogP contribution in [0.1, 0.15) is 60.9 Å². The molecule has 1 fully saturated rings. The standard InChI is InChI=1S/C35H37N5O6S/c1-23(2)21-37-22-25-8-14-32(45-4)29(19-25)35(39-16-5-6-31(39)33-38-15-17-46-33)28-18-24(20-36)7-13-30(28)40(34(35)41)47(42,43)27-11-9-26(44-3)10-12-27/h7-15,17-19,23,31,37H,5-6,16,21-22H2,1-4H3/t31-,35?/m0/s1. The Morgan fingerprint density at radius 1 is 1.09 bits per heavy atom. The molecule has 2 aliphatic rings. The Balaban J connectivity index is 1.64. The Morgan fingerprint density at radius 2 is 1.87 bits per heavy atom. The third-order valence-corrected chi connectivity index (χ3v) is 10.5. The molecule has 1 amide bonds. The molecular weight excluding hydrogens is 618 g/mol. The molecule has 0 aliphatic carbocycles. The van der Waals surface area contributed by atoms with Crippen molar-refractivity contribution in [1.82, 2.24) is 15.2 Å². The first-order valence-electron chi connectivity index (χ1n) is 15.5. The van der Waals surface area contributed by atoms with Crippen LogP contribution in [0, 0.1) is 17.2 Å². The van der Waals surface area contributed by atoms with Crippen LogP contribution in [0.15, 0.2) is 82.4 Å². The predicted molar refractivity (Wildman–Crippen MR) is 174 cm³/mol. The van der Waals surface area contributed by atoms with Crippen LogP contribution in [0.4, 0.5) is 5.69 Å². The highest BCUT2D eigenvalue weighted by Gasteiger charge is 2.62. The van der Waals surface area contributed by atoms with E-state index in [1.165, 1.54) is 56.9 Å². The van der Waals surface area contributed by atoms with Crippen LogP contribution < -0.4 is 19.1 Å². The van der Waals surface area contributed by atoms with Gasteiger partial charge in [0.1, 0.15) is 17.8 Å². The molecule has 0 bridgehead atoms. The lowest BCUT2D eigenvalue weighted by atomic mass is 9.79. The predicted octanol–water partition coefficient (Wildman–Crippen LogP) is 5.13. The fourth-order valence-electron chi connectivity index (χ4n) is 6.71. The van der Waals surface area contributed by atoms with Gasteiger partial charge in [0.25, 0.3) is 15.9 Å². The summed E-state index contributed by atoms with van der Waals surface area (Å²) in [4.78, 5) is 21.8. The monoisotopic (exact) mass is 655 g/mol. The van der Waals surface area contributed by atoms with E-state index >= 15 is 4.79 Å². The fourth-order valence-corrected chi connectivity index (χ4v) is 8.16. The second-order valence-corrected chi connectivity index (χ2v) is 13.9. The maximum absolute atomic E-state index is 15.5. The van der Waals surface area contributed by atoms with Crippen LogP contribution in [-0.4, -0.2) is 51.5 Å². The number of hydrogen-bond acceptors (Lipinski definition) is 10. The molecule has 11 nitrogen and oxygen atoms in total. The molecule has 0 spiro atoms. The van der Waals surface area contributed by atoms with Gasteiger partial charge >= 0.3 is 0 Å². The van der Waals surface area contributed by atoms with Crippen LogP contribution in [0.5, 0.6) is 11.5 Å². The molecule has 244 valence electrons. The van der Waals surface area contributed by atoms with Gasteiger partial charge in [-0.3, -0.25) is 9.69 Å². The summed E-state index contributed by atoms with van der Waals surface area (Å²) in [5.41, 5.74) is 0.434. The summed E-state index contributed by atoms with van der Waals surface area (Å²) in [7, 11) is -1.44. The second kappa shape index (κ2) is 12.8. The highest BCUT2D eigenvalue weighted by molar-refractivity contribution is 7.93. The number of fused-ring (bicyclic) bond motifs is 1. The van der Waals surface area contributed by atoms with Gasteiger partial charge in [-0.1, -0.05) is 19.9 Å². The minimum absolute atomic E-state index is 0.0814. The van der Waals surface area contributed by atoms with Crippen molar-refractivity contribution in [3.63, 3.8) is 0 Å². The number of nitriles is 1. The summed E-state index contributed by atoms with van der Waals surface area (Å²) >= 11 is 0. The zero-order valence-corrected chi connectivity index (χ0v) is 27.6. The number of methoxy groups -OCH3 is 2. The van der Waals surface area contributed by atoms with E-state index in [0.29, 0.717) is 60.4 Å². The van der Waals surface area contributed by atoms with E-state index in [1.807, 2.05) is 17.0 Å². The molecule has 6 rings (SSSR count). The van der Waals surface area contributed by atoms with E-state index in [9.17, 15) is 13.7 Å². The maximum atomic E-state index is 15.5. The highest BCUT2D eigenvalue weighted by atomic mass is 32.2. The van der Waals surface area contributed by atoms with Crippen LogP contribution in [0.3, 0.4) is 0 Å². The average Bonchev–Trinajstić information content (AvgIpc) is 3.83. The lowest BCUT2D eigenvalue weighted by molar-refractivity contribution is -0.127. The molecule has 0 saturated carbocycles. The molecule has 47 heavy (non-hydrogen) atoms. The zero-order valence-electron chi connectivity index (χ0n) is 26.8. The van der Waals surface area contributed by atoms with Crippen molar-refractivity contribution in [2.24, 2.45) is 5.92 Å². The number of oxazole rings is 1. The second-order valence-electron chi connectivity index (χ2n) is 12.1. The normalized spacial score (nSPS) is 19.6. The van der Waals surface area contributed by atoms with Gasteiger partial charge in [0.05, 0.1) is 48.7 Å². The van der Waals surface area contributed by atoms with E-state index in [1.54, 1.807) is 18.3 Å². The Labute approximate surface area is 274 Å². The topological polar surface area (TPSA) is 138 Å². The van der Waals surface area contributed by atoms with Crippen LogP contribution >= 0.6 is 0 Å². The SMILES string of the molecule is COc1ccc(S(=O)(=O)N2C(=O)C(c3cc(CNCC(C)C)ccc3OC)(N3CCC[C@H]3c3ncco3)c3cc(C#N)ccc32)cc1. The van der Waals surface area contributed by atoms with Crippen molar-refractivity contribution >= 4 is 21.6 Å². The molecule has 4 aromatic rings. The summed E-state index contributed by atoms with van der Waals surface area (Å²) in [5, 5.41) is 13.5. The third-order valence-electron chi connectivity index (χ3n) is 8.78. The van der Waals surface area contributed by atoms with Crippen LogP contribution in [0.25, 0.3) is 0 Å².